The molecule has 7 heteroatoms. The van der Waals surface area contributed by atoms with E-state index in [9.17, 15) is 13.2 Å². The molecule has 30 heavy (non-hydrogen) atoms. The summed E-state index contributed by atoms with van der Waals surface area (Å²) in [6.45, 7) is 10.5. The van der Waals surface area contributed by atoms with Crippen LogP contribution in [-0.4, -0.2) is 20.4 Å². The highest BCUT2D eigenvalue weighted by Gasteiger charge is 2.22. The largest absolute Gasteiger partial charge is 0.325 e. The molecule has 0 aliphatic heterocycles. The Morgan fingerprint density at radius 3 is 1.97 bits per heavy atom. The first-order valence-electron chi connectivity index (χ1n) is 10.3. The first kappa shape index (κ1) is 24.1. The van der Waals surface area contributed by atoms with Gasteiger partial charge < -0.3 is 5.32 Å². The summed E-state index contributed by atoms with van der Waals surface area (Å²) in [6, 6.07) is 14.0. The molecule has 6 nitrogen and oxygen atoms in total. The molecule has 2 aromatic carbocycles. The van der Waals surface area contributed by atoms with Crippen LogP contribution in [0, 0.1) is 11.8 Å². The van der Waals surface area contributed by atoms with Gasteiger partial charge in [-0.15, -0.1) is 0 Å². The van der Waals surface area contributed by atoms with Crippen LogP contribution in [0.5, 0.6) is 0 Å². The molecule has 0 saturated carbocycles. The molecule has 0 saturated heterocycles. The second-order valence-electron chi connectivity index (χ2n) is 8.51. The Balaban J connectivity index is 2.05. The third kappa shape index (κ3) is 6.93. The molecule has 1 amide bonds. The maximum Gasteiger partial charge on any atom is 0.241 e. The van der Waals surface area contributed by atoms with Crippen LogP contribution in [0.25, 0.3) is 0 Å². The Morgan fingerprint density at radius 1 is 0.933 bits per heavy atom. The van der Waals surface area contributed by atoms with E-state index in [1.54, 1.807) is 0 Å². The van der Waals surface area contributed by atoms with Crippen molar-refractivity contribution >= 4 is 21.6 Å². The SMILES string of the molecule is CC(C)Cc1ccc([C@H](N[C@H](C)C(=O)Nc2ccc(S(N)(=O)=O)cc2)C(C)C)cc1. The number of rotatable bonds is 9. The monoisotopic (exact) mass is 431 g/mol. The van der Waals surface area contributed by atoms with Crippen LogP contribution >= 0.6 is 0 Å². The van der Waals surface area contributed by atoms with Gasteiger partial charge in [0, 0.05) is 11.7 Å². The molecule has 2 rings (SSSR count). The van der Waals surface area contributed by atoms with Crippen molar-refractivity contribution in [2.45, 2.75) is 58.0 Å². The number of anilines is 1. The minimum atomic E-state index is -3.76. The highest BCUT2D eigenvalue weighted by atomic mass is 32.2. The van der Waals surface area contributed by atoms with E-state index in [-0.39, 0.29) is 16.8 Å². The van der Waals surface area contributed by atoms with E-state index in [1.807, 2.05) is 6.92 Å². The Labute approximate surface area is 180 Å². The van der Waals surface area contributed by atoms with Crippen molar-refractivity contribution in [2.75, 3.05) is 5.32 Å². The number of benzene rings is 2. The highest BCUT2D eigenvalue weighted by molar-refractivity contribution is 7.89. The number of nitrogens with one attached hydrogen (secondary N) is 2. The number of amides is 1. The van der Waals surface area contributed by atoms with Gasteiger partial charge in [0.05, 0.1) is 10.9 Å². The van der Waals surface area contributed by atoms with Gasteiger partial charge in [0.1, 0.15) is 0 Å². The minimum Gasteiger partial charge on any atom is -0.325 e. The lowest BCUT2D eigenvalue weighted by Crippen LogP contribution is -2.41. The smallest absolute Gasteiger partial charge is 0.241 e. The summed E-state index contributed by atoms with van der Waals surface area (Å²) in [5, 5.41) is 11.3. The topological polar surface area (TPSA) is 101 Å². The fourth-order valence-corrected chi connectivity index (χ4v) is 3.84. The Bertz CT molecular complexity index is 937. The van der Waals surface area contributed by atoms with Gasteiger partial charge in [-0.1, -0.05) is 52.0 Å². The van der Waals surface area contributed by atoms with Crippen LogP contribution in [0.2, 0.25) is 0 Å². The highest BCUT2D eigenvalue weighted by Crippen LogP contribution is 2.24. The summed E-state index contributed by atoms with van der Waals surface area (Å²) < 4.78 is 22.7. The Kier molecular flexibility index (Phi) is 8.18. The molecule has 2 aromatic rings. The van der Waals surface area contributed by atoms with Crippen LogP contribution < -0.4 is 15.8 Å². The van der Waals surface area contributed by atoms with E-state index in [0.29, 0.717) is 17.5 Å². The summed E-state index contributed by atoms with van der Waals surface area (Å²) in [5.74, 6) is 0.711. The van der Waals surface area contributed by atoms with E-state index in [4.69, 9.17) is 5.14 Å². The van der Waals surface area contributed by atoms with Gasteiger partial charge >= 0.3 is 0 Å². The zero-order valence-electron chi connectivity index (χ0n) is 18.3. The average Bonchev–Trinajstić information content (AvgIpc) is 2.65. The molecule has 4 N–H and O–H groups in total. The quantitative estimate of drug-likeness (QED) is 0.561. The lowest BCUT2D eigenvalue weighted by molar-refractivity contribution is -0.118. The van der Waals surface area contributed by atoms with Crippen molar-refractivity contribution in [3.05, 3.63) is 59.7 Å². The summed E-state index contributed by atoms with van der Waals surface area (Å²) in [4.78, 5) is 12.6. The summed E-state index contributed by atoms with van der Waals surface area (Å²) >= 11 is 0. The Morgan fingerprint density at radius 2 is 1.50 bits per heavy atom. The third-order valence-electron chi connectivity index (χ3n) is 4.92. The van der Waals surface area contributed by atoms with Crippen molar-refractivity contribution in [3.63, 3.8) is 0 Å². The molecule has 0 aliphatic rings. The van der Waals surface area contributed by atoms with Gasteiger partial charge in [0.25, 0.3) is 0 Å². The van der Waals surface area contributed by atoms with E-state index in [2.05, 4.69) is 62.6 Å². The third-order valence-corrected chi connectivity index (χ3v) is 5.85. The first-order chi connectivity index (χ1) is 14.0. The number of carbonyl (C=O) groups excluding carboxylic acids is 1. The molecule has 0 fully saturated rings. The van der Waals surface area contributed by atoms with Gasteiger partial charge in [-0.25, -0.2) is 13.6 Å². The number of sulfonamides is 1. The second kappa shape index (κ2) is 10.2. The molecule has 2 atom stereocenters. The first-order valence-corrected chi connectivity index (χ1v) is 11.8. The van der Waals surface area contributed by atoms with Gasteiger partial charge in [-0.2, -0.15) is 0 Å². The molecule has 0 radical (unpaired) electrons. The van der Waals surface area contributed by atoms with Crippen molar-refractivity contribution in [2.24, 2.45) is 17.0 Å². The van der Waals surface area contributed by atoms with Gasteiger partial charge in [0.15, 0.2) is 0 Å². The Hall–Kier alpha value is -2.22. The number of hydrogen-bond acceptors (Lipinski definition) is 4. The van der Waals surface area contributed by atoms with E-state index >= 15 is 0 Å². The van der Waals surface area contributed by atoms with Crippen molar-refractivity contribution in [3.8, 4) is 0 Å². The number of primary sulfonamides is 1. The van der Waals surface area contributed by atoms with Crippen molar-refractivity contribution in [1.82, 2.24) is 5.32 Å². The molecule has 0 spiro atoms. The van der Waals surface area contributed by atoms with Crippen LogP contribution in [0.3, 0.4) is 0 Å². The maximum absolute atomic E-state index is 12.6. The van der Waals surface area contributed by atoms with Crippen LogP contribution in [0.4, 0.5) is 5.69 Å². The maximum atomic E-state index is 12.6. The molecular weight excluding hydrogens is 398 g/mol. The number of carbonyl (C=O) groups is 1. The van der Waals surface area contributed by atoms with Gasteiger partial charge in [-0.05, 0) is 60.6 Å². The lowest BCUT2D eigenvalue weighted by atomic mass is 9.93. The summed E-state index contributed by atoms with van der Waals surface area (Å²) in [6.07, 6.45) is 1.04. The number of hydrogen-bond donors (Lipinski definition) is 3. The fraction of sp³-hybridized carbons (Fsp3) is 0.435. The standard InChI is InChI=1S/C23H33N3O3S/c1-15(2)14-18-6-8-19(9-7-18)22(16(3)4)25-17(5)23(27)26-20-10-12-21(13-11-20)30(24,28)29/h6-13,15-17,22,25H,14H2,1-5H3,(H,26,27)(H2,24,28,29)/t17-,22-/m1/s1. The average molecular weight is 432 g/mol. The van der Waals surface area contributed by atoms with Crippen LogP contribution in [0.15, 0.2) is 53.4 Å². The van der Waals surface area contributed by atoms with Gasteiger partial charge in [0.2, 0.25) is 15.9 Å². The molecule has 0 heterocycles. The fourth-order valence-electron chi connectivity index (χ4n) is 3.33. The van der Waals surface area contributed by atoms with Gasteiger partial charge in [-0.3, -0.25) is 10.1 Å². The normalized spacial score (nSPS) is 14.0. The van der Waals surface area contributed by atoms with Crippen LogP contribution in [0.1, 0.15) is 51.8 Å². The van der Waals surface area contributed by atoms with E-state index in [1.165, 1.54) is 29.8 Å². The van der Waals surface area contributed by atoms with Crippen molar-refractivity contribution in [1.29, 1.82) is 0 Å². The number of nitrogens with two attached hydrogens (primary N) is 1. The van der Waals surface area contributed by atoms with Crippen molar-refractivity contribution < 1.29 is 13.2 Å². The predicted octanol–water partition coefficient (Wildman–Crippen LogP) is 3.85. The predicted molar refractivity (Wildman–Crippen MR) is 122 cm³/mol. The summed E-state index contributed by atoms with van der Waals surface area (Å²) in [7, 11) is -3.76. The molecular formula is C23H33N3O3S. The van der Waals surface area contributed by atoms with Crippen LogP contribution in [-0.2, 0) is 21.2 Å². The molecule has 164 valence electrons. The minimum absolute atomic E-state index is 0.00691. The second-order valence-corrected chi connectivity index (χ2v) is 10.1. The van der Waals surface area contributed by atoms with E-state index < -0.39 is 16.1 Å². The summed E-state index contributed by atoms with van der Waals surface area (Å²) in [5.41, 5.74) is 2.97. The van der Waals surface area contributed by atoms with E-state index in [0.717, 1.165) is 12.0 Å². The molecule has 0 bridgehead atoms. The molecule has 0 unspecified atom stereocenters. The zero-order valence-corrected chi connectivity index (χ0v) is 19.2. The lowest BCUT2D eigenvalue weighted by Gasteiger charge is -2.27. The zero-order chi connectivity index (χ0) is 22.5. The molecule has 0 aromatic heterocycles. The molecule has 0 aliphatic carbocycles.